The number of ether oxygens (including phenoxy) is 1. The predicted octanol–water partition coefficient (Wildman–Crippen LogP) is 5.96. The second-order valence-electron chi connectivity index (χ2n) is 8.38. The number of hydrogen-bond donors (Lipinski definition) is 1. The molecule has 5 nitrogen and oxygen atoms in total. The third kappa shape index (κ3) is 5.37. The van der Waals surface area contributed by atoms with E-state index < -0.39 is 5.97 Å². The van der Waals surface area contributed by atoms with E-state index in [4.69, 9.17) is 4.74 Å². The molecule has 0 aliphatic heterocycles. The van der Waals surface area contributed by atoms with Crippen LogP contribution in [-0.2, 0) is 4.79 Å². The van der Waals surface area contributed by atoms with Crippen molar-refractivity contribution in [2.75, 3.05) is 13.2 Å². The molecule has 0 spiro atoms. The summed E-state index contributed by atoms with van der Waals surface area (Å²) >= 11 is 0. The number of hydrogen-bond acceptors (Lipinski definition) is 3. The van der Waals surface area contributed by atoms with Crippen LogP contribution >= 0.6 is 0 Å². The first kappa shape index (κ1) is 23.3. The quantitative estimate of drug-likeness (QED) is 0.336. The molecule has 3 aromatic carbocycles. The number of carboxylic acid groups (broad SMARTS) is 1. The van der Waals surface area contributed by atoms with Gasteiger partial charge < -0.3 is 14.7 Å². The van der Waals surface area contributed by atoms with E-state index in [9.17, 15) is 14.7 Å². The summed E-state index contributed by atoms with van der Waals surface area (Å²) in [6.07, 6.45) is 9.12. The second kappa shape index (κ2) is 10.8. The summed E-state index contributed by atoms with van der Waals surface area (Å²) in [4.78, 5) is 26.8. The second-order valence-corrected chi connectivity index (χ2v) is 8.38. The van der Waals surface area contributed by atoms with Crippen LogP contribution in [0.25, 0.3) is 16.8 Å². The Morgan fingerprint density at radius 3 is 2.53 bits per heavy atom. The molecule has 0 saturated carbocycles. The highest BCUT2D eigenvalue weighted by Gasteiger charge is 2.25. The van der Waals surface area contributed by atoms with Gasteiger partial charge in [-0.25, -0.2) is 4.79 Å². The number of allylic oxidation sites excluding steroid dienone is 1. The number of amides is 1. The standard InChI is InChI=1S/C29H29NO4/c1-2-30(25-11-4-3-5-12-25)28(31)24(19-21-15-17-23(18-16-21)29(32)33)20-34-27-14-8-10-22-9-6-7-13-26(22)27/h4,6-11,13-19,25H,2-3,5,12,20H2,1H3,(H,32,33)/b24-19+. The Kier molecular flexibility index (Phi) is 7.43. The third-order valence-electron chi connectivity index (χ3n) is 6.14. The number of likely N-dealkylation sites (N-methyl/N-ethyl adjacent to an activating group) is 1. The molecule has 1 aliphatic rings. The molecule has 1 atom stereocenters. The molecule has 1 amide bonds. The molecule has 1 unspecified atom stereocenters. The maximum Gasteiger partial charge on any atom is 0.335 e. The summed E-state index contributed by atoms with van der Waals surface area (Å²) in [5.74, 6) is -0.326. The number of carbonyl (C=O) groups is 2. The Bertz CT molecular complexity index is 1220. The maximum absolute atomic E-state index is 13.7. The zero-order valence-corrected chi connectivity index (χ0v) is 19.3. The van der Waals surface area contributed by atoms with Gasteiger partial charge in [-0.2, -0.15) is 0 Å². The van der Waals surface area contributed by atoms with Crippen LogP contribution < -0.4 is 4.74 Å². The molecule has 174 valence electrons. The molecular formula is C29H29NO4. The molecule has 1 aliphatic carbocycles. The minimum atomic E-state index is -0.979. The van der Waals surface area contributed by atoms with Gasteiger partial charge >= 0.3 is 5.97 Å². The molecule has 0 aromatic heterocycles. The van der Waals surface area contributed by atoms with E-state index in [0.29, 0.717) is 12.1 Å². The summed E-state index contributed by atoms with van der Waals surface area (Å²) in [6, 6.07) is 20.5. The normalized spacial score (nSPS) is 15.8. The van der Waals surface area contributed by atoms with E-state index >= 15 is 0 Å². The highest BCUT2D eigenvalue weighted by molar-refractivity contribution is 5.99. The average Bonchev–Trinajstić information content (AvgIpc) is 2.87. The fourth-order valence-corrected chi connectivity index (χ4v) is 4.33. The summed E-state index contributed by atoms with van der Waals surface area (Å²) in [5.41, 5.74) is 1.49. The van der Waals surface area contributed by atoms with Crippen LogP contribution in [0.3, 0.4) is 0 Å². The summed E-state index contributed by atoms with van der Waals surface area (Å²) in [6.45, 7) is 2.70. The van der Waals surface area contributed by atoms with Crippen molar-refractivity contribution in [2.24, 2.45) is 0 Å². The number of fused-ring (bicyclic) bond motifs is 1. The number of benzene rings is 3. The van der Waals surface area contributed by atoms with Crippen molar-refractivity contribution >= 4 is 28.7 Å². The molecule has 3 aromatic rings. The van der Waals surface area contributed by atoms with Gasteiger partial charge in [-0.1, -0.05) is 60.7 Å². The summed E-state index contributed by atoms with van der Waals surface area (Å²) < 4.78 is 6.19. The highest BCUT2D eigenvalue weighted by atomic mass is 16.5. The summed E-state index contributed by atoms with van der Waals surface area (Å²) in [7, 11) is 0. The molecule has 0 fully saturated rings. The zero-order chi connectivity index (χ0) is 23.9. The minimum absolute atomic E-state index is 0.0680. The Balaban J connectivity index is 1.65. The number of carbonyl (C=O) groups excluding carboxylic acids is 1. The van der Waals surface area contributed by atoms with E-state index in [1.807, 2.05) is 54.3 Å². The van der Waals surface area contributed by atoms with Crippen LogP contribution in [-0.4, -0.2) is 41.1 Å². The number of aromatic carboxylic acids is 1. The lowest BCUT2D eigenvalue weighted by molar-refractivity contribution is -0.128. The van der Waals surface area contributed by atoms with Crippen molar-refractivity contribution in [3.8, 4) is 5.75 Å². The van der Waals surface area contributed by atoms with E-state index in [-0.39, 0.29) is 24.1 Å². The zero-order valence-electron chi connectivity index (χ0n) is 19.3. The lowest BCUT2D eigenvalue weighted by Crippen LogP contribution is -2.41. The molecule has 0 bridgehead atoms. The first-order valence-electron chi connectivity index (χ1n) is 11.7. The molecule has 0 saturated heterocycles. The van der Waals surface area contributed by atoms with Crippen molar-refractivity contribution in [3.05, 3.63) is 95.6 Å². The van der Waals surface area contributed by atoms with Crippen molar-refractivity contribution in [1.29, 1.82) is 0 Å². The molecule has 34 heavy (non-hydrogen) atoms. The fourth-order valence-electron chi connectivity index (χ4n) is 4.33. The van der Waals surface area contributed by atoms with Crippen molar-refractivity contribution in [2.45, 2.75) is 32.2 Å². The van der Waals surface area contributed by atoms with Crippen LogP contribution in [0.15, 0.2) is 84.5 Å². The maximum atomic E-state index is 13.7. The monoisotopic (exact) mass is 455 g/mol. The first-order chi connectivity index (χ1) is 16.6. The fraction of sp³-hybridized carbons (Fsp3) is 0.241. The Hall–Kier alpha value is -3.86. The van der Waals surface area contributed by atoms with Crippen LogP contribution in [0.1, 0.15) is 42.1 Å². The largest absolute Gasteiger partial charge is 0.488 e. The van der Waals surface area contributed by atoms with Gasteiger partial charge in [0, 0.05) is 11.9 Å². The van der Waals surface area contributed by atoms with Gasteiger partial charge in [0.25, 0.3) is 5.91 Å². The van der Waals surface area contributed by atoms with Crippen molar-refractivity contribution in [3.63, 3.8) is 0 Å². The van der Waals surface area contributed by atoms with Crippen molar-refractivity contribution in [1.82, 2.24) is 4.90 Å². The number of carboxylic acids is 1. The van der Waals surface area contributed by atoms with Crippen LogP contribution in [0.5, 0.6) is 5.75 Å². The molecule has 4 rings (SSSR count). The Labute approximate surface area is 200 Å². The summed E-state index contributed by atoms with van der Waals surface area (Å²) in [5, 5.41) is 11.3. The third-order valence-corrected chi connectivity index (χ3v) is 6.14. The van der Waals surface area contributed by atoms with Gasteiger partial charge in [0.05, 0.1) is 17.2 Å². The predicted molar refractivity (Wildman–Crippen MR) is 135 cm³/mol. The molecule has 5 heteroatoms. The Morgan fingerprint density at radius 1 is 1.06 bits per heavy atom. The van der Waals surface area contributed by atoms with Gasteiger partial charge in [-0.15, -0.1) is 0 Å². The lowest BCUT2D eigenvalue weighted by Gasteiger charge is -2.31. The van der Waals surface area contributed by atoms with Gasteiger partial charge in [0.15, 0.2) is 0 Å². The smallest absolute Gasteiger partial charge is 0.335 e. The van der Waals surface area contributed by atoms with Crippen LogP contribution in [0, 0.1) is 0 Å². The van der Waals surface area contributed by atoms with Gasteiger partial charge in [0.1, 0.15) is 12.4 Å². The molecular weight excluding hydrogens is 426 g/mol. The van der Waals surface area contributed by atoms with Gasteiger partial charge in [-0.05, 0) is 61.4 Å². The average molecular weight is 456 g/mol. The number of nitrogens with zero attached hydrogens (tertiary/aromatic N) is 1. The molecule has 0 heterocycles. The van der Waals surface area contributed by atoms with Crippen molar-refractivity contribution < 1.29 is 19.4 Å². The first-order valence-corrected chi connectivity index (χ1v) is 11.7. The SMILES string of the molecule is CCN(C(=O)/C(=C/c1ccc(C(=O)O)cc1)COc1cccc2ccccc12)C1C=CCCC1. The topological polar surface area (TPSA) is 66.8 Å². The van der Waals surface area contributed by atoms with Crippen LogP contribution in [0.2, 0.25) is 0 Å². The van der Waals surface area contributed by atoms with Gasteiger partial charge in [0.2, 0.25) is 0 Å². The lowest BCUT2D eigenvalue weighted by atomic mass is 10.00. The van der Waals surface area contributed by atoms with Crippen LogP contribution in [0.4, 0.5) is 0 Å². The van der Waals surface area contributed by atoms with E-state index in [2.05, 4.69) is 12.2 Å². The highest BCUT2D eigenvalue weighted by Crippen LogP contribution is 2.26. The molecule has 0 radical (unpaired) electrons. The van der Waals surface area contributed by atoms with Gasteiger partial charge in [-0.3, -0.25) is 4.79 Å². The number of rotatable bonds is 8. The van der Waals surface area contributed by atoms with E-state index in [1.165, 1.54) is 0 Å². The van der Waals surface area contributed by atoms with E-state index in [0.717, 1.165) is 41.3 Å². The van der Waals surface area contributed by atoms with E-state index in [1.54, 1.807) is 30.3 Å². The Morgan fingerprint density at radius 2 is 1.82 bits per heavy atom. The minimum Gasteiger partial charge on any atom is -0.488 e. The molecule has 1 N–H and O–H groups in total.